The number of hydrogen-bond acceptors (Lipinski definition) is 4. The molecular formula is C25H34N2O3. The zero-order chi connectivity index (χ0) is 21.2. The molecule has 0 aliphatic carbocycles. The van der Waals surface area contributed by atoms with E-state index in [1.807, 2.05) is 36.4 Å². The highest BCUT2D eigenvalue weighted by atomic mass is 16.5. The molecule has 3 rings (SSSR count). The first-order valence-corrected chi connectivity index (χ1v) is 11.1. The van der Waals surface area contributed by atoms with Crippen LogP contribution in [0.4, 0.5) is 0 Å². The van der Waals surface area contributed by atoms with Crippen molar-refractivity contribution in [1.29, 1.82) is 0 Å². The number of benzene rings is 2. The van der Waals surface area contributed by atoms with Crippen LogP contribution in [0.2, 0.25) is 0 Å². The molecule has 1 aliphatic rings. The average Bonchev–Trinajstić information content (AvgIpc) is 3.08. The fraction of sp³-hybridized carbons (Fsp3) is 0.480. The lowest BCUT2D eigenvalue weighted by atomic mass is 10.0. The summed E-state index contributed by atoms with van der Waals surface area (Å²) in [6.07, 6.45) is 5.94. The van der Waals surface area contributed by atoms with Crippen LogP contribution in [0.3, 0.4) is 0 Å². The molecule has 1 atom stereocenters. The van der Waals surface area contributed by atoms with E-state index in [1.54, 1.807) is 7.11 Å². The van der Waals surface area contributed by atoms with E-state index in [0.29, 0.717) is 18.7 Å². The number of carbonyl (C=O) groups excluding carboxylic acids is 1. The Bertz CT molecular complexity index is 766. The molecule has 1 N–H and O–H groups in total. The van der Waals surface area contributed by atoms with Crippen LogP contribution in [-0.2, 0) is 0 Å². The van der Waals surface area contributed by atoms with E-state index in [1.165, 1.54) is 31.2 Å². The molecule has 1 unspecified atom stereocenters. The maximum absolute atomic E-state index is 12.8. The molecule has 2 aromatic carbocycles. The molecule has 1 amide bonds. The van der Waals surface area contributed by atoms with Gasteiger partial charge in [0.15, 0.2) is 0 Å². The second-order valence-electron chi connectivity index (χ2n) is 7.82. The highest BCUT2D eigenvalue weighted by Crippen LogP contribution is 2.26. The van der Waals surface area contributed by atoms with Gasteiger partial charge < -0.3 is 14.8 Å². The molecule has 162 valence electrons. The first-order valence-electron chi connectivity index (χ1n) is 11.1. The monoisotopic (exact) mass is 410 g/mol. The lowest BCUT2D eigenvalue weighted by Gasteiger charge is -2.31. The van der Waals surface area contributed by atoms with Gasteiger partial charge in [-0.1, -0.05) is 31.9 Å². The fourth-order valence-electron chi connectivity index (χ4n) is 3.90. The normalized spacial score (nSPS) is 15.8. The number of hydrogen-bond donors (Lipinski definition) is 1. The van der Waals surface area contributed by atoms with E-state index in [0.717, 1.165) is 31.0 Å². The Labute approximate surface area is 180 Å². The molecule has 5 heteroatoms. The van der Waals surface area contributed by atoms with Crippen molar-refractivity contribution in [3.05, 3.63) is 59.7 Å². The van der Waals surface area contributed by atoms with E-state index in [2.05, 4.69) is 29.3 Å². The third-order valence-electron chi connectivity index (χ3n) is 5.63. The zero-order valence-corrected chi connectivity index (χ0v) is 18.2. The van der Waals surface area contributed by atoms with Gasteiger partial charge in [-0.3, -0.25) is 9.69 Å². The van der Waals surface area contributed by atoms with Crippen molar-refractivity contribution in [3.8, 4) is 11.5 Å². The second kappa shape index (κ2) is 11.6. The van der Waals surface area contributed by atoms with Crippen LogP contribution in [0.1, 0.15) is 61.0 Å². The summed E-state index contributed by atoms with van der Waals surface area (Å²) >= 11 is 0. The van der Waals surface area contributed by atoms with Crippen LogP contribution in [0, 0.1) is 0 Å². The smallest absolute Gasteiger partial charge is 0.251 e. The van der Waals surface area contributed by atoms with Crippen LogP contribution < -0.4 is 14.8 Å². The minimum absolute atomic E-state index is 0.0506. The predicted molar refractivity (Wildman–Crippen MR) is 120 cm³/mol. The fourth-order valence-corrected chi connectivity index (χ4v) is 3.90. The van der Waals surface area contributed by atoms with Gasteiger partial charge >= 0.3 is 0 Å². The van der Waals surface area contributed by atoms with Crippen molar-refractivity contribution in [2.75, 3.05) is 33.4 Å². The van der Waals surface area contributed by atoms with Crippen LogP contribution in [-0.4, -0.2) is 44.2 Å². The van der Waals surface area contributed by atoms with Gasteiger partial charge in [-0.15, -0.1) is 0 Å². The Kier molecular flexibility index (Phi) is 8.57. The maximum Gasteiger partial charge on any atom is 0.251 e. The van der Waals surface area contributed by atoms with Crippen LogP contribution in [0.15, 0.2) is 48.5 Å². The van der Waals surface area contributed by atoms with Crippen molar-refractivity contribution < 1.29 is 14.3 Å². The third kappa shape index (κ3) is 6.23. The Balaban J connectivity index is 1.68. The number of nitrogens with one attached hydrogen (secondary N) is 1. The van der Waals surface area contributed by atoms with Gasteiger partial charge in [0.25, 0.3) is 5.91 Å². The highest BCUT2D eigenvalue weighted by Gasteiger charge is 2.22. The number of likely N-dealkylation sites (tertiary alicyclic amines) is 1. The molecular weight excluding hydrogens is 376 g/mol. The first kappa shape index (κ1) is 22.2. The van der Waals surface area contributed by atoms with E-state index in [9.17, 15) is 4.79 Å². The van der Waals surface area contributed by atoms with Gasteiger partial charge in [0.2, 0.25) is 0 Å². The minimum Gasteiger partial charge on any atom is -0.497 e. The van der Waals surface area contributed by atoms with E-state index < -0.39 is 0 Å². The number of nitrogens with zero attached hydrogens (tertiary/aromatic N) is 1. The van der Waals surface area contributed by atoms with Crippen molar-refractivity contribution in [2.24, 2.45) is 0 Å². The Morgan fingerprint density at radius 1 is 0.967 bits per heavy atom. The number of amides is 1. The van der Waals surface area contributed by atoms with E-state index in [-0.39, 0.29) is 11.9 Å². The summed E-state index contributed by atoms with van der Waals surface area (Å²) in [6.45, 7) is 5.47. The molecule has 0 saturated carbocycles. The standard InChI is InChI=1S/C25H34N2O3/c1-3-18-30-23-14-10-21(11-15-23)25(28)26-19-24(27-16-6-4-5-7-17-27)20-8-12-22(29-2)13-9-20/h8-15,24H,3-7,16-19H2,1-2H3,(H,26,28). The van der Waals surface area contributed by atoms with Gasteiger partial charge in [-0.25, -0.2) is 0 Å². The maximum atomic E-state index is 12.8. The number of methoxy groups -OCH3 is 1. The lowest BCUT2D eigenvalue weighted by molar-refractivity contribution is 0.0933. The van der Waals surface area contributed by atoms with Gasteiger partial charge in [0, 0.05) is 12.1 Å². The van der Waals surface area contributed by atoms with Crippen molar-refractivity contribution in [2.45, 2.75) is 45.1 Å². The molecule has 1 saturated heterocycles. The topological polar surface area (TPSA) is 50.8 Å². The lowest BCUT2D eigenvalue weighted by Crippen LogP contribution is -2.38. The molecule has 30 heavy (non-hydrogen) atoms. The number of carbonyl (C=O) groups is 1. The first-order chi connectivity index (χ1) is 14.7. The molecule has 2 aromatic rings. The molecule has 0 aromatic heterocycles. The summed E-state index contributed by atoms with van der Waals surface area (Å²) in [6, 6.07) is 15.8. The van der Waals surface area contributed by atoms with Crippen molar-refractivity contribution >= 4 is 5.91 Å². The van der Waals surface area contributed by atoms with Crippen molar-refractivity contribution in [3.63, 3.8) is 0 Å². The molecule has 1 fully saturated rings. The van der Waals surface area contributed by atoms with Gasteiger partial charge in [0.05, 0.1) is 19.8 Å². The molecule has 0 bridgehead atoms. The summed E-state index contributed by atoms with van der Waals surface area (Å²) in [5, 5.41) is 3.15. The molecule has 1 heterocycles. The summed E-state index contributed by atoms with van der Waals surface area (Å²) in [5.41, 5.74) is 1.87. The SMILES string of the molecule is CCCOc1ccc(C(=O)NCC(c2ccc(OC)cc2)N2CCCCCC2)cc1. The van der Waals surface area contributed by atoms with Crippen LogP contribution in [0.5, 0.6) is 11.5 Å². The largest absolute Gasteiger partial charge is 0.497 e. The van der Waals surface area contributed by atoms with Gasteiger partial charge in [-0.05, 0) is 74.3 Å². The molecule has 1 aliphatic heterocycles. The van der Waals surface area contributed by atoms with Crippen LogP contribution in [0.25, 0.3) is 0 Å². The Hall–Kier alpha value is -2.53. The van der Waals surface area contributed by atoms with Crippen molar-refractivity contribution in [1.82, 2.24) is 10.2 Å². The molecule has 0 radical (unpaired) electrons. The van der Waals surface area contributed by atoms with E-state index >= 15 is 0 Å². The Morgan fingerprint density at radius 2 is 1.60 bits per heavy atom. The van der Waals surface area contributed by atoms with Gasteiger partial charge in [0.1, 0.15) is 11.5 Å². The summed E-state index contributed by atoms with van der Waals surface area (Å²) in [7, 11) is 1.68. The number of ether oxygens (including phenoxy) is 2. The summed E-state index contributed by atoms with van der Waals surface area (Å²) < 4.78 is 10.9. The minimum atomic E-state index is -0.0506. The predicted octanol–water partition coefficient (Wildman–Crippen LogP) is 4.83. The summed E-state index contributed by atoms with van der Waals surface area (Å²) in [4.78, 5) is 15.3. The summed E-state index contributed by atoms with van der Waals surface area (Å²) in [5.74, 6) is 1.60. The number of rotatable bonds is 9. The zero-order valence-electron chi connectivity index (χ0n) is 18.2. The Morgan fingerprint density at radius 3 is 2.20 bits per heavy atom. The van der Waals surface area contributed by atoms with Gasteiger partial charge in [-0.2, -0.15) is 0 Å². The molecule has 0 spiro atoms. The third-order valence-corrected chi connectivity index (χ3v) is 5.63. The highest BCUT2D eigenvalue weighted by molar-refractivity contribution is 5.94. The van der Waals surface area contributed by atoms with Crippen LogP contribution >= 0.6 is 0 Å². The average molecular weight is 411 g/mol. The van der Waals surface area contributed by atoms with E-state index in [4.69, 9.17) is 9.47 Å². The quantitative estimate of drug-likeness (QED) is 0.643. The molecule has 5 nitrogen and oxygen atoms in total. The second-order valence-corrected chi connectivity index (χ2v) is 7.82.